The van der Waals surface area contributed by atoms with Crippen LogP contribution < -0.4 is 10.6 Å². The summed E-state index contributed by atoms with van der Waals surface area (Å²) in [5.74, 6) is -0.234. The van der Waals surface area contributed by atoms with Crippen molar-refractivity contribution < 1.29 is 17.6 Å². The lowest BCUT2D eigenvalue weighted by molar-refractivity contribution is -0.126. The van der Waals surface area contributed by atoms with Crippen LogP contribution in [0.3, 0.4) is 0 Å². The Balaban J connectivity index is 1.49. The van der Waals surface area contributed by atoms with Crippen molar-refractivity contribution >= 4 is 33.4 Å². The van der Waals surface area contributed by atoms with E-state index < -0.39 is 27.4 Å². The van der Waals surface area contributed by atoms with E-state index >= 15 is 0 Å². The van der Waals surface area contributed by atoms with Gasteiger partial charge < -0.3 is 10.6 Å². The summed E-state index contributed by atoms with van der Waals surface area (Å²) in [6.45, 7) is 9.98. The minimum atomic E-state index is -3.89. The molecule has 204 valence electrons. The van der Waals surface area contributed by atoms with Gasteiger partial charge in [0.2, 0.25) is 15.9 Å². The van der Waals surface area contributed by atoms with Crippen LogP contribution in [-0.4, -0.2) is 48.1 Å². The van der Waals surface area contributed by atoms with E-state index in [0.717, 1.165) is 19.3 Å². The van der Waals surface area contributed by atoms with E-state index in [2.05, 4.69) is 17.2 Å². The lowest BCUT2D eigenvalue weighted by Crippen LogP contribution is -2.59. The zero-order chi connectivity index (χ0) is 27.7. The second kappa shape index (κ2) is 10.8. The molecule has 0 radical (unpaired) electrons. The standard InChI is InChI=1S/C28H34ClFN4O3S/c1-19(25-31-24(27(2,3)32-25)26(35)33-28(4)14-8-15-28)13-16-34(18-20-11-12-22(29)23(30)17-20)38(36,37)21-9-6-5-7-10-21/h5-7,9-12,17,24H,1,8,13-16,18H2,2-4H3,(H,31,32)(H,33,35)/t24-/m0/s1. The maximum Gasteiger partial charge on any atom is 0.245 e. The van der Waals surface area contributed by atoms with Crippen LogP contribution in [-0.2, 0) is 21.4 Å². The molecule has 0 saturated heterocycles. The second-order valence-corrected chi connectivity index (χ2v) is 13.2. The quantitative estimate of drug-likeness (QED) is 0.436. The van der Waals surface area contributed by atoms with Crippen molar-refractivity contribution in [3.8, 4) is 0 Å². The SMILES string of the molecule is C=C(CCN(Cc1ccc(Cl)c(F)c1)S(=O)(=O)c1ccccc1)C1=NC(C)(C)[C@H](C(=O)NC2(C)CCC2)N1. The van der Waals surface area contributed by atoms with Gasteiger partial charge in [0.05, 0.1) is 15.5 Å². The van der Waals surface area contributed by atoms with Gasteiger partial charge in [-0.05, 0) is 81.9 Å². The lowest BCUT2D eigenvalue weighted by atomic mass is 9.78. The monoisotopic (exact) mass is 560 g/mol. The first-order valence-corrected chi connectivity index (χ1v) is 14.5. The van der Waals surface area contributed by atoms with E-state index in [0.29, 0.717) is 17.0 Å². The third-order valence-corrected chi connectivity index (χ3v) is 9.42. The fraction of sp³-hybridized carbons (Fsp3) is 0.429. The number of hydrogen-bond donors (Lipinski definition) is 2. The van der Waals surface area contributed by atoms with Gasteiger partial charge >= 0.3 is 0 Å². The molecule has 1 amide bonds. The zero-order valence-electron chi connectivity index (χ0n) is 21.9. The second-order valence-electron chi connectivity index (χ2n) is 10.8. The Kier molecular flexibility index (Phi) is 8.02. The van der Waals surface area contributed by atoms with Crippen LogP contribution >= 0.6 is 11.6 Å². The number of amides is 1. The molecular weight excluding hydrogens is 527 g/mol. The van der Waals surface area contributed by atoms with Crippen LogP contribution in [0.4, 0.5) is 4.39 Å². The molecular formula is C28H34ClFN4O3S. The number of halogens is 2. The Labute approximate surface area is 229 Å². The number of aliphatic imine (C=N–C) groups is 1. The number of amidine groups is 1. The van der Waals surface area contributed by atoms with Crippen LogP contribution in [0.2, 0.25) is 5.02 Å². The summed E-state index contributed by atoms with van der Waals surface area (Å²) in [6, 6.07) is 11.8. The van der Waals surface area contributed by atoms with Crippen LogP contribution in [0.25, 0.3) is 0 Å². The molecule has 2 aromatic rings. The Bertz CT molecular complexity index is 1360. The zero-order valence-corrected chi connectivity index (χ0v) is 23.5. The Morgan fingerprint density at radius 3 is 2.50 bits per heavy atom. The maximum atomic E-state index is 14.1. The number of nitrogens with zero attached hydrogens (tertiary/aromatic N) is 2. The van der Waals surface area contributed by atoms with Crippen molar-refractivity contribution in [1.29, 1.82) is 0 Å². The van der Waals surface area contributed by atoms with Gasteiger partial charge in [0.15, 0.2) is 0 Å². The van der Waals surface area contributed by atoms with Crippen LogP contribution in [0.1, 0.15) is 52.0 Å². The molecule has 1 aliphatic heterocycles. The average Bonchev–Trinajstić information content (AvgIpc) is 3.18. The summed E-state index contributed by atoms with van der Waals surface area (Å²) in [5, 5.41) is 6.33. The highest BCUT2D eigenvalue weighted by atomic mass is 35.5. The molecule has 10 heteroatoms. The van der Waals surface area contributed by atoms with Gasteiger partial charge in [0.1, 0.15) is 17.7 Å². The number of rotatable bonds is 10. The molecule has 4 rings (SSSR count). The number of sulfonamides is 1. The Morgan fingerprint density at radius 2 is 1.89 bits per heavy atom. The molecule has 2 N–H and O–H groups in total. The molecule has 0 unspecified atom stereocenters. The molecule has 0 aromatic heterocycles. The van der Waals surface area contributed by atoms with E-state index in [4.69, 9.17) is 16.6 Å². The summed E-state index contributed by atoms with van der Waals surface area (Å²) < 4.78 is 42.4. The number of carbonyl (C=O) groups excluding carboxylic acids is 1. The highest BCUT2D eigenvalue weighted by Gasteiger charge is 2.44. The van der Waals surface area contributed by atoms with E-state index in [1.54, 1.807) is 24.3 Å². The van der Waals surface area contributed by atoms with Crippen molar-refractivity contribution in [2.24, 2.45) is 4.99 Å². The smallest absolute Gasteiger partial charge is 0.245 e. The maximum absolute atomic E-state index is 14.1. The Morgan fingerprint density at radius 1 is 1.21 bits per heavy atom. The summed E-state index contributed by atoms with van der Waals surface area (Å²) in [7, 11) is -3.89. The van der Waals surface area contributed by atoms with Gasteiger partial charge in [-0.2, -0.15) is 4.31 Å². The first-order chi connectivity index (χ1) is 17.8. The third-order valence-electron chi connectivity index (χ3n) is 7.25. The van der Waals surface area contributed by atoms with E-state index in [-0.39, 0.29) is 40.9 Å². The summed E-state index contributed by atoms with van der Waals surface area (Å²) >= 11 is 5.82. The average molecular weight is 561 g/mol. The van der Waals surface area contributed by atoms with Gasteiger partial charge in [0.25, 0.3) is 0 Å². The van der Waals surface area contributed by atoms with E-state index in [1.807, 2.05) is 20.8 Å². The number of benzene rings is 2. The van der Waals surface area contributed by atoms with E-state index in [1.165, 1.54) is 28.6 Å². The van der Waals surface area contributed by atoms with Crippen molar-refractivity contribution in [2.45, 2.75) is 75.0 Å². The van der Waals surface area contributed by atoms with Crippen LogP contribution in [0.5, 0.6) is 0 Å². The normalized spacial score (nSPS) is 19.8. The predicted octanol–water partition coefficient (Wildman–Crippen LogP) is 4.82. The molecule has 1 atom stereocenters. The first-order valence-electron chi connectivity index (χ1n) is 12.7. The minimum absolute atomic E-state index is 0.0302. The van der Waals surface area contributed by atoms with Gasteiger partial charge in [-0.1, -0.05) is 42.4 Å². The van der Waals surface area contributed by atoms with Gasteiger partial charge in [0, 0.05) is 18.6 Å². The third kappa shape index (κ3) is 6.11. The van der Waals surface area contributed by atoms with Crippen molar-refractivity contribution in [1.82, 2.24) is 14.9 Å². The van der Waals surface area contributed by atoms with Gasteiger partial charge in [-0.25, -0.2) is 12.8 Å². The molecule has 1 aliphatic carbocycles. The van der Waals surface area contributed by atoms with Crippen LogP contribution in [0.15, 0.2) is 70.6 Å². The molecule has 1 fully saturated rings. The molecule has 2 aliphatic rings. The summed E-state index contributed by atoms with van der Waals surface area (Å²) in [4.78, 5) is 17.9. The molecule has 7 nitrogen and oxygen atoms in total. The Hall–Kier alpha value is -2.75. The summed E-state index contributed by atoms with van der Waals surface area (Å²) in [5.41, 5.74) is 0.177. The largest absolute Gasteiger partial charge is 0.357 e. The molecule has 2 aromatic carbocycles. The highest BCUT2D eigenvalue weighted by molar-refractivity contribution is 7.89. The minimum Gasteiger partial charge on any atom is -0.357 e. The predicted molar refractivity (Wildman–Crippen MR) is 148 cm³/mol. The van der Waals surface area contributed by atoms with Gasteiger partial charge in [-0.3, -0.25) is 9.79 Å². The summed E-state index contributed by atoms with van der Waals surface area (Å²) in [6.07, 6.45) is 3.27. The van der Waals surface area contributed by atoms with Crippen molar-refractivity contribution in [3.05, 3.63) is 77.1 Å². The highest BCUT2D eigenvalue weighted by Crippen LogP contribution is 2.32. The number of hydrogen-bond acceptors (Lipinski definition) is 5. The van der Waals surface area contributed by atoms with Crippen LogP contribution in [0, 0.1) is 5.82 Å². The molecule has 0 spiro atoms. The number of carbonyl (C=O) groups is 1. The van der Waals surface area contributed by atoms with Crippen molar-refractivity contribution in [2.75, 3.05) is 6.54 Å². The molecule has 38 heavy (non-hydrogen) atoms. The van der Waals surface area contributed by atoms with Crippen molar-refractivity contribution in [3.63, 3.8) is 0 Å². The fourth-order valence-corrected chi connectivity index (χ4v) is 6.28. The topological polar surface area (TPSA) is 90.9 Å². The molecule has 0 bridgehead atoms. The lowest BCUT2D eigenvalue weighted by Gasteiger charge is -2.40. The van der Waals surface area contributed by atoms with E-state index in [9.17, 15) is 17.6 Å². The fourth-order valence-electron chi connectivity index (χ4n) is 4.71. The first kappa shape index (κ1) is 28.3. The van der Waals surface area contributed by atoms with Gasteiger partial charge in [-0.15, -0.1) is 0 Å². The molecule has 1 heterocycles. The number of nitrogens with one attached hydrogen (secondary N) is 2. The molecule has 1 saturated carbocycles.